The van der Waals surface area contributed by atoms with Crippen LogP contribution in [-0.2, 0) is 4.79 Å². The van der Waals surface area contributed by atoms with E-state index >= 15 is 0 Å². The molecular formula is C8H4ClKO3. The van der Waals surface area contributed by atoms with Gasteiger partial charge in [-0.25, -0.2) is 0 Å². The molecule has 1 aromatic rings. The number of carbonyl (C=O) groups excluding carboxylic acids is 2. The number of hydrogen-bond donors (Lipinski definition) is 0. The van der Waals surface area contributed by atoms with Gasteiger partial charge in [0.05, 0.1) is 0 Å². The summed E-state index contributed by atoms with van der Waals surface area (Å²) in [5.41, 5.74) is 0.0689. The van der Waals surface area contributed by atoms with Crippen LogP contribution in [0.1, 0.15) is 10.4 Å². The normalized spacial score (nSPS) is 8.69. The Balaban J connectivity index is 0.00000144. The zero-order valence-electron chi connectivity index (χ0n) is 6.91. The van der Waals surface area contributed by atoms with Gasteiger partial charge < -0.3 is 9.90 Å². The fourth-order valence-corrected chi connectivity index (χ4v) is 0.845. The van der Waals surface area contributed by atoms with Crippen molar-refractivity contribution in [3.63, 3.8) is 0 Å². The third-order valence-corrected chi connectivity index (χ3v) is 1.54. The molecule has 0 radical (unpaired) electrons. The molecule has 0 bridgehead atoms. The van der Waals surface area contributed by atoms with Crippen molar-refractivity contribution in [1.82, 2.24) is 0 Å². The number of carboxylic acids is 1. The Kier molecular flexibility index (Phi) is 6.03. The molecule has 13 heavy (non-hydrogen) atoms. The summed E-state index contributed by atoms with van der Waals surface area (Å²) >= 11 is 5.52. The number of halogens is 1. The molecule has 0 aliphatic carbocycles. The molecule has 0 saturated heterocycles. The first-order chi connectivity index (χ1) is 5.61. The van der Waals surface area contributed by atoms with E-state index in [1.54, 1.807) is 0 Å². The van der Waals surface area contributed by atoms with Crippen molar-refractivity contribution in [2.45, 2.75) is 0 Å². The quantitative estimate of drug-likeness (QED) is 0.310. The number of carboxylic acid groups (broad SMARTS) is 1. The zero-order valence-corrected chi connectivity index (χ0v) is 10.8. The zero-order chi connectivity index (χ0) is 9.14. The SMILES string of the molecule is O=C([O-])C(=O)c1ccc(Cl)cc1.[K+]. The van der Waals surface area contributed by atoms with Crippen LogP contribution in [0.25, 0.3) is 0 Å². The third-order valence-electron chi connectivity index (χ3n) is 1.29. The minimum Gasteiger partial charge on any atom is -0.541 e. The van der Waals surface area contributed by atoms with Gasteiger partial charge in [-0.15, -0.1) is 0 Å². The molecule has 62 valence electrons. The van der Waals surface area contributed by atoms with E-state index in [1.165, 1.54) is 24.3 Å². The Morgan fingerprint density at radius 3 is 2.00 bits per heavy atom. The van der Waals surface area contributed by atoms with E-state index in [4.69, 9.17) is 11.6 Å². The molecule has 0 spiro atoms. The van der Waals surface area contributed by atoms with Crippen LogP contribution in [0.3, 0.4) is 0 Å². The predicted octanol–water partition coefficient (Wildman–Crippen LogP) is -2.72. The number of carbonyl (C=O) groups is 2. The second-order valence-electron chi connectivity index (χ2n) is 2.12. The Bertz CT molecular complexity index is 321. The Morgan fingerprint density at radius 1 is 1.15 bits per heavy atom. The fraction of sp³-hybridized carbons (Fsp3) is 0. The van der Waals surface area contributed by atoms with Crippen molar-refractivity contribution in [2.75, 3.05) is 0 Å². The van der Waals surface area contributed by atoms with Crippen LogP contribution in [0.5, 0.6) is 0 Å². The number of ketones is 1. The molecule has 0 unspecified atom stereocenters. The number of benzene rings is 1. The third kappa shape index (κ3) is 3.89. The number of rotatable bonds is 2. The molecule has 1 rings (SSSR count). The summed E-state index contributed by atoms with van der Waals surface area (Å²) in [7, 11) is 0. The smallest absolute Gasteiger partial charge is 0.541 e. The van der Waals surface area contributed by atoms with Crippen molar-refractivity contribution >= 4 is 23.4 Å². The molecular weight excluding hydrogens is 219 g/mol. The Labute approximate surface area is 123 Å². The molecule has 0 fully saturated rings. The van der Waals surface area contributed by atoms with Crippen LogP contribution in [0.2, 0.25) is 5.02 Å². The second-order valence-corrected chi connectivity index (χ2v) is 2.56. The number of hydrogen-bond acceptors (Lipinski definition) is 3. The summed E-state index contributed by atoms with van der Waals surface area (Å²) in [4.78, 5) is 20.8. The van der Waals surface area contributed by atoms with Gasteiger partial charge in [-0.3, -0.25) is 4.79 Å². The molecule has 0 aliphatic rings. The van der Waals surface area contributed by atoms with E-state index in [9.17, 15) is 14.7 Å². The molecule has 5 heteroatoms. The van der Waals surface area contributed by atoms with E-state index in [2.05, 4.69) is 0 Å². The summed E-state index contributed by atoms with van der Waals surface area (Å²) in [6.07, 6.45) is 0. The van der Waals surface area contributed by atoms with Crippen LogP contribution in [0, 0.1) is 0 Å². The average Bonchev–Trinajstić information content (AvgIpc) is 2.04. The number of Topliss-reactive ketones (excluding diaryl/α,β-unsaturated/α-hetero) is 1. The van der Waals surface area contributed by atoms with Gasteiger partial charge in [0.25, 0.3) is 0 Å². The van der Waals surface area contributed by atoms with Crippen LogP contribution >= 0.6 is 11.6 Å². The van der Waals surface area contributed by atoms with Gasteiger partial charge in [0.1, 0.15) is 5.97 Å². The van der Waals surface area contributed by atoms with E-state index in [-0.39, 0.29) is 56.9 Å². The molecule has 0 saturated carbocycles. The van der Waals surface area contributed by atoms with Crippen LogP contribution in [-0.4, -0.2) is 11.8 Å². The monoisotopic (exact) mass is 222 g/mol. The average molecular weight is 223 g/mol. The largest absolute Gasteiger partial charge is 1.00 e. The summed E-state index contributed by atoms with van der Waals surface area (Å²) in [6.45, 7) is 0. The maximum Gasteiger partial charge on any atom is 1.00 e. The van der Waals surface area contributed by atoms with Gasteiger partial charge in [-0.05, 0) is 24.3 Å². The summed E-state index contributed by atoms with van der Waals surface area (Å²) in [6, 6.07) is 5.55. The first-order valence-electron chi connectivity index (χ1n) is 3.12. The molecule has 0 N–H and O–H groups in total. The summed E-state index contributed by atoms with van der Waals surface area (Å²) in [5, 5.41) is 10.5. The predicted molar refractivity (Wildman–Crippen MR) is 40.8 cm³/mol. The van der Waals surface area contributed by atoms with Crippen molar-refractivity contribution in [2.24, 2.45) is 0 Å². The molecule has 0 aliphatic heterocycles. The molecule has 0 aromatic heterocycles. The van der Waals surface area contributed by atoms with E-state index in [0.29, 0.717) is 5.02 Å². The van der Waals surface area contributed by atoms with E-state index in [1.807, 2.05) is 0 Å². The van der Waals surface area contributed by atoms with Crippen molar-refractivity contribution in [3.8, 4) is 0 Å². The van der Waals surface area contributed by atoms with Gasteiger partial charge in [0.15, 0.2) is 0 Å². The van der Waals surface area contributed by atoms with E-state index in [0.717, 1.165) is 0 Å². The maximum absolute atomic E-state index is 10.8. The molecule has 1 aromatic carbocycles. The standard InChI is InChI=1S/C8H5ClO3.K/c9-6-3-1-5(2-4-6)7(10)8(11)12;/h1-4H,(H,11,12);/q;+1/p-1. The maximum atomic E-state index is 10.8. The Morgan fingerprint density at radius 2 is 1.62 bits per heavy atom. The molecule has 0 heterocycles. The number of aliphatic carboxylic acids is 1. The van der Waals surface area contributed by atoms with Crippen LogP contribution in [0.15, 0.2) is 24.3 Å². The fourth-order valence-electron chi connectivity index (χ4n) is 0.719. The first kappa shape index (κ1) is 13.3. The van der Waals surface area contributed by atoms with Crippen molar-refractivity contribution in [3.05, 3.63) is 34.9 Å². The van der Waals surface area contributed by atoms with E-state index < -0.39 is 11.8 Å². The topological polar surface area (TPSA) is 57.2 Å². The molecule has 3 nitrogen and oxygen atoms in total. The van der Waals surface area contributed by atoms with Crippen LogP contribution in [0.4, 0.5) is 0 Å². The van der Waals surface area contributed by atoms with Gasteiger partial charge in [0.2, 0.25) is 5.78 Å². The minimum absolute atomic E-state index is 0. The minimum atomic E-state index is -1.71. The Hall–Kier alpha value is 0.286. The molecule has 0 atom stereocenters. The molecule has 0 amide bonds. The van der Waals surface area contributed by atoms with Gasteiger partial charge >= 0.3 is 51.4 Å². The van der Waals surface area contributed by atoms with Crippen LogP contribution < -0.4 is 56.5 Å². The first-order valence-corrected chi connectivity index (χ1v) is 3.50. The van der Waals surface area contributed by atoms with Gasteiger partial charge in [-0.2, -0.15) is 0 Å². The second kappa shape index (κ2) is 5.90. The van der Waals surface area contributed by atoms with Crippen molar-refractivity contribution < 1.29 is 66.1 Å². The van der Waals surface area contributed by atoms with Gasteiger partial charge in [0, 0.05) is 10.6 Å². The van der Waals surface area contributed by atoms with Gasteiger partial charge in [-0.1, -0.05) is 11.6 Å². The summed E-state index contributed by atoms with van der Waals surface area (Å²) in [5.74, 6) is -2.75. The summed E-state index contributed by atoms with van der Waals surface area (Å²) < 4.78 is 0. The van der Waals surface area contributed by atoms with Crippen molar-refractivity contribution in [1.29, 1.82) is 0 Å².